The zero-order valence-corrected chi connectivity index (χ0v) is 13.5. The summed E-state index contributed by atoms with van der Waals surface area (Å²) in [6, 6.07) is 4.22. The number of benzene rings is 1. The molecule has 0 saturated heterocycles. The topological polar surface area (TPSA) is 82.7 Å². The fourth-order valence-electron chi connectivity index (χ4n) is 1.93. The maximum atomic E-state index is 13.3. The second-order valence-electron chi connectivity index (χ2n) is 5.08. The molecule has 0 bridgehead atoms. The van der Waals surface area contributed by atoms with Crippen molar-refractivity contribution >= 4 is 5.96 Å². The van der Waals surface area contributed by atoms with E-state index in [9.17, 15) is 9.50 Å². The molecule has 1 heterocycles. The van der Waals surface area contributed by atoms with Gasteiger partial charge >= 0.3 is 0 Å². The van der Waals surface area contributed by atoms with Gasteiger partial charge in [-0.3, -0.25) is 0 Å². The standard InChI is InChI=1S/C16H21FN4O2/c1-4-18-16(20-9-15-21-10(2)11(3)23-15)19-8-12-5-6-14(22)13(17)7-12/h5-7,22H,4,8-9H2,1-3H3,(H2,18,19,20). The van der Waals surface area contributed by atoms with Crippen LogP contribution in [0.3, 0.4) is 0 Å². The van der Waals surface area contributed by atoms with Crippen LogP contribution in [0.5, 0.6) is 5.75 Å². The van der Waals surface area contributed by atoms with Gasteiger partial charge < -0.3 is 20.2 Å². The van der Waals surface area contributed by atoms with Crippen molar-refractivity contribution < 1.29 is 13.9 Å². The highest BCUT2D eigenvalue weighted by atomic mass is 19.1. The summed E-state index contributed by atoms with van der Waals surface area (Å²) in [4.78, 5) is 8.67. The molecule has 0 unspecified atom stereocenters. The minimum absolute atomic E-state index is 0.288. The van der Waals surface area contributed by atoms with Gasteiger partial charge in [0.15, 0.2) is 17.5 Å². The summed E-state index contributed by atoms with van der Waals surface area (Å²) in [6.07, 6.45) is 0. The maximum Gasteiger partial charge on any atom is 0.214 e. The molecular weight excluding hydrogens is 299 g/mol. The minimum atomic E-state index is -0.651. The number of nitrogens with zero attached hydrogens (tertiary/aromatic N) is 2. The molecule has 0 spiro atoms. The number of hydrogen-bond acceptors (Lipinski definition) is 4. The number of oxazole rings is 1. The van der Waals surface area contributed by atoms with Crippen molar-refractivity contribution in [3.8, 4) is 5.75 Å². The number of phenolic OH excluding ortho intramolecular Hbond substituents is 1. The van der Waals surface area contributed by atoms with Crippen LogP contribution in [0.25, 0.3) is 0 Å². The Bertz CT molecular complexity index is 678. The average molecular weight is 320 g/mol. The first-order valence-corrected chi connectivity index (χ1v) is 7.42. The fourth-order valence-corrected chi connectivity index (χ4v) is 1.93. The minimum Gasteiger partial charge on any atom is -0.505 e. The van der Waals surface area contributed by atoms with Crippen molar-refractivity contribution in [2.45, 2.75) is 33.9 Å². The van der Waals surface area contributed by atoms with Crippen LogP contribution in [0.2, 0.25) is 0 Å². The first-order valence-electron chi connectivity index (χ1n) is 7.42. The van der Waals surface area contributed by atoms with Crippen molar-refractivity contribution in [2.75, 3.05) is 6.54 Å². The Labute approximate surface area is 134 Å². The van der Waals surface area contributed by atoms with Gasteiger partial charge in [0.1, 0.15) is 5.76 Å². The van der Waals surface area contributed by atoms with Gasteiger partial charge in [-0.1, -0.05) is 6.07 Å². The third kappa shape index (κ3) is 4.70. The molecule has 0 aliphatic heterocycles. The number of rotatable bonds is 5. The quantitative estimate of drug-likeness (QED) is 0.582. The second-order valence-corrected chi connectivity index (χ2v) is 5.08. The molecule has 1 aromatic carbocycles. The van der Waals surface area contributed by atoms with Crippen molar-refractivity contribution in [3.63, 3.8) is 0 Å². The first-order chi connectivity index (χ1) is 11.0. The van der Waals surface area contributed by atoms with E-state index in [-0.39, 0.29) is 12.3 Å². The van der Waals surface area contributed by atoms with Crippen LogP contribution in [0.1, 0.15) is 29.8 Å². The lowest BCUT2D eigenvalue weighted by atomic mass is 10.2. The van der Waals surface area contributed by atoms with E-state index in [4.69, 9.17) is 4.42 Å². The van der Waals surface area contributed by atoms with Crippen LogP contribution in [-0.4, -0.2) is 22.6 Å². The molecule has 0 fully saturated rings. The normalized spacial score (nSPS) is 11.6. The van der Waals surface area contributed by atoms with Crippen molar-refractivity contribution in [1.29, 1.82) is 0 Å². The van der Waals surface area contributed by atoms with E-state index >= 15 is 0 Å². The predicted molar refractivity (Wildman–Crippen MR) is 85.7 cm³/mol. The fraction of sp³-hybridized carbons (Fsp3) is 0.375. The highest BCUT2D eigenvalue weighted by Gasteiger charge is 2.07. The maximum absolute atomic E-state index is 13.3. The molecule has 23 heavy (non-hydrogen) atoms. The van der Waals surface area contributed by atoms with Gasteiger partial charge in [-0.2, -0.15) is 0 Å². The molecule has 3 N–H and O–H groups in total. The Morgan fingerprint density at radius 2 is 2.13 bits per heavy atom. The van der Waals surface area contributed by atoms with Crippen LogP contribution in [0, 0.1) is 19.7 Å². The third-order valence-corrected chi connectivity index (χ3v) is 3.26. The van der Waals surface area contributed by atoms with Crippen LogP contribution in [-0.2, 0) is 13.1 Å². The predicted octanol–water partition coefficient (Wildman–Crippen LogP) is 2.39. The first kappa shape index (κ1) is 16.8. The molecule has 1 aromatic heterocycles. The van der Waals surface area contributed by atoms with Crippen molar-refractivity contribution in [3.05, 3.63) is 46.9 Å². The van der Waals surface area contributed by atoms with E-state index < -0.39 is 5.82 Å². The summed E-state index contributed by atoms with van der Waals surface area (Å²) in [5.74, 6) is 0.942. The van der Waals surface area contributed by atoms with E-state index in [1.807, 2.05) is 20.8 Å². The Hall–Kier alpha value is -2.57. The molecular formula is C16H21FN4O2. The Balaban J connectivity index is 2.00. The summed E-state index contributed by atoms with van der Waals surface area (Å²) in [5.41, 5.74) is 1.53. The lowest BCUT2D eigenvalue weighted by Gasteiger charge is -2.09. The monoisotopic (exact) mass is 320 g/mol. The van der Waals surface area contributed by atoms with Crippen LogP contribution >= 0.6 is 0 Å². The van der Waals surface area contributed by atoms with Crippen molar-refractivity contribution in [2.24, 2.45) is 4.99 Å². The zero-order valence-electron chi connectivity index (χ0n) is 13.5. The summed E-state index contributed by atoms with van der Waals surface area (Å²) in [5, 5.41) is 15.4. The van der Waals surface area contributed by atoms with E-state index in [1.54, 1.807) is 6.07 Å². The Morgan fingerprint density at radius 3 is 2.74 bits per heavy atom. The number of aromatic hydroxyl groups is 1. The molecule has 6 nitrogen and oxygen atoms in total. The number of aliphatic imine (C=N–C) groups is 1. The van der Waals surface area contributed by atoms with Gasteiger partial charge in [-0.05, 0) is 38.5 Å². The second kappa shape index (κ2) is 7.62. The van der Waals surface area contributed by atoms with Crippen LogP contribution in [0.4, 0.5) is 4.39 Å². The highest BCUT2D eigenvalue weighted by Crippen LogP contribution is 2.16. The largest absolute Gasteiger partial charge is 0.505 e. The van der Waals surface area contributed by atoms with Crippen LogP contribution < -0.4 is 10.6 Å². The molecule has 0 aliphatic carbocycles. The van der Waals surface area contributed by atoms with Gasteiger partial charge in [0.25, 0.3) is 0 Å². The van der Waals surface area contributed by atoms with E-state index in [2.05, 4.69) is 20.6 Å². The molecule has 7 heteroatoms. The smallest absolute Gasteiger partial charge is 0.214 e. The number of aromatic nitrogens is 1. The number of aryl methyl sites for hydroxylation is 2. The highest BCUT2D eigenvalue weighted by molar-refractivity contribution is 5.79. The SMILES string of the molecule is CCNC(=NCc1ccc(O)c(F)c1)NCc1nc(C)c(C)o1. The average Bonchev–Trinajstić information content (AvgIpc) is 2.84. The van der Waals surface area contributed by atoms with Gasteiger partial charge in [0.05, 0.1) is 18.8 Å². The summed E-state index contributed by atoms with van der Waals surface area (Å²) in [6.45, 7) is 7.10. The summed E-state index contributed by atoms with van der Waals surface area (Å²) >= 11 is 0. The number of hydrogen-bond donors (Lipinski definition) is 3. The third-order valence-electron chi connectivity index (χ3n) is 3.26. The number of guanidine groups is 1. The molecule has 2 aromatic rings. The van der Waals surface area contributed by atoms with Gasteiger partial charge in [-0.15, -0.1) is 0 Å². The van der Waals surface area contributed by atoms with Gasteiger partial charge in [-0.25, -0.2) is 14.4 Å². The molecule has 0 saturated carbocycles. The molecule has 124 valence electrons. The number of phenols is 1. The molecule has 0 amide bonds. The van der Waals surface area contributed by atoms with Crippen molar-refractivity contribution in [1.82, 2.24) is 15.6 Å². The molecule has 2 rings (SSSR count). The Morgan fingerprint density at radius 1 is 1.35 bits per heavy atom. The summed E-state index contributed by atoms with van der Waals surface area (Å²) in [7, 11) is 0. The molecule has 0 radical (unpaired) electrons. The van der Waals surface area contributed by atoms with E-state index in [1.165, 1.54) is 12.1 Å². The van der Waals surface area contributed by atoms with E-state index in [0.717, 1.165) is 11.5 Å². The van der Waals surface area contributed by atoms with Crippen LogP contribution in [0.15, 0.2) is 27.6 Å². The molecule has 0 aliphatic rings. The lowest BCUT2D eigenvalue weighted by Crippen LogP contribution is -2.36. The molecule has 0 atom stereocenters. The lowest BCUT2D eigenvalue weighted by molar-refractivity contribution is 0.432. The Kier molecular flexibility index (Phi) is 5.56. The number of nitrogens with one attached hydrogen (secondary N) is 2. The summed E-state index contributed by atoms with van der Waals surface area (Å²) < 4.78 is 18.8. The van der Waals surface area contributed by atoms with E-state index in [0.29, 0.717) is 30.5 Å². The zero-order chi connectivity index (χ0) is 16.8. The van der Waals surface area contributed by atoms with Gasteiger partial charge in [0.2, 0.25) is 5.89 Å². The van der Waals surface area contributed by atoms with Gasteiger partial charge in [0, 0.05) is 6.54 Å². The number of halogens is 1.